The largest absolute Gasteiger partial charge is 0.368 e. The van der Waals surface area contributed by atoms with E-state index in [1.165, 1.54) is 0 Å². The van der Waals surface area contributed by atoms with Crippen LogP contribution in [0, 0.1) is 5.92 Å². The second-order valence-electron chi connectivity index (χ2n) is 21.2. The molecule has 0 radical (unpaired) electrons. The van der Waals surface area contributed by atoms with Gasteiger partial charge in [0.15, 0.2) is 0 Å². The van der Waals surface area contributed by atoms with E-state index in [0.29, 0.717) is 36.1 Å². The van der Waals surface area contributed by atoms with Crippen molar-refractivity contribution in [1.29, 1.82) is 0 Å². The van der Waals surface area contributed by atoms with Crippen molar-refractivity contribution in [2.24, 2.45) is 23.1 Å². The quantitative estimate of drug-likeness (QED) is 0.0434. The van der Waals surface area contributed by atoms with Gasteiger partial charge in [-0.1, -0.05) is 145 Å². The fraction of sp³-hybridized carbons (Fsp3) is 0.344. The lowest BCUT2D eigenvalue weighted by Crippen LogP contribution is -2.61. The third-order valence-electron chi connectivity index (χ3n) is 14.7. The molecule has 8 amide bonds. The number of carbonyl (C=O) groups is 8. The molecule has 0 saturated carbocycles. The zero-order valence-corrected chi connectivity index (χ0v) is 47.9. The molecule has 20 nitrogen and oxygen atoms in total. The average Bonchev–Trinajstić information content (AvgIpc) is 4.32. The van der Waals surface area contributed by atoms with Crippen molar-refractivity contribution >= 4 is 101 Å². The number of aromatic nitrogens is 2. The molecule has 1 aliphatic heterocycles. The van der Waals surface area contributed by atoms with Gasteiger partial charge < -0.3 is 64.4 Å². The Labute approximate surface area is 488 Å². The van der Waals surface area contributed by atoms with Crippen LogP contribution in [-0.2, 0) is 64.0 Å². The van der Waals surface area contributed by atoms with E-state index in [4.69, 9.17) is 17.2 Å². The number of nitrogens with two attached hydrogens (primary N) is 3. The highest BCUT2D eigenvalue weighted by molar-refractivity contribution is 8.76. The lowest BCUT2D eigenvalue weighted by atomic mass is 9.99. The molecule has 0 bridgehead atoms. The third kappa shape index (κ3) is 16.5. The minimum Gasteiger partial charge on any atom is -0.368 e. The van der Waals surface area contributed by atoms with Crippen LogP contribution in [0.5, 0.6) is 0 Å². The standard InChI is InChI=1S/C61H72N12O8S2/c1-35(2)53-61(81)72-52(59(79)68-48(54(64)74)28-37-23-24-38-16-6-7-17-39(38)26-37)34-83-82-33-51(71-55(75)44(63)27-36-14-4-3-5-15-36)60(80)70-50(30-41-32-66-46-21-11-9-19-43(41)46)58(78)69-49(29-40-31-65-45-20-10-8-18-42(40)45)57(77)67-47(56(76)73-53)22-12-13-25-62/h3-11,14-21,23-24,26,31-32,35,44,47-53,65-66H,12-13,22,25,27-30,33-34,62-63H2,1-2H3,(H2,64,74)(H,67,77)(H,68,79)(H,69,78)(H,70,80)(H,71,75)(H,72,81)(H,73,76)/t44-,47+,48+,49-,50+,51-,52+,53+/m1/s1. The second-order valence-corrected chi connectivity index (χ2v) is 23.7. The van der Waals surface area contributed by atoms with Gasteiger partial charge in [0.2, 0.25) is 47.3 Å². The Morgan fingerprint density at radius 3 is 1.80 bits per heavy atom. The molecule has 1 saturated heterocycles. The number of hydrogen-bond acceptors (Lipinski definition) is 12. The molecule has 8 atom stereocenters. The maximum absolute atomic E-state index is 15.1. The Morgan fingerprint density at radius 2 is 1.17 bits per heavy atom. The minimum absolute atomic E-state index is 0.0290. The number of amides is 8. The summed E-state index contributed by atoms with van der Waals surface area (Å²) in [5.41, 5.74) is 22.7. The number of fused-ring (bicyclic) bond motifs is 3. The van der Waals surface area contributed by atoms with Crippen LogP contribution in [0.2, 0.25) is 0 Å². The number of nitrogens with one attached hydrogen (secondary N) is 9. The summed E-state index contributed by atoms with van der Waals surface area (Å²) < 4.78 is 0. The van der Waals surface area contributed by atoms with Gasteiger partial charge >= 0.3 is 0 Å². The number of aromatic amines is 2. The fourth-order valence-electron chi connectivity index (χ4n) is 10.0. The molecule has 83 heavy (non-hydrogen) atoms. The van der Waals surface area contributed by atoms with Gasteiger partial charge in [-0.3, -0.25) is 38.4 Å². The second kappa shape index (κ2) is 29.2. The summed E-state index contributed by atoms with van der Waals surface area (Å²) in [6.45, 7) is 3.72. The normalized spacial score (nSPS) is 20.6. The molecule has 3 heterocycles. The highest BCUT2D eigenvalue weighted by atomic mass is 33.1. The first-order chi connectivity index (χ1) is 40.0. The van der Waals surface area contributed by atoms with Crippen molar-refractivity contribution in [2.75, 3.05) is 18.1 Å². The summed E-state index contributed by atoms with van der Waals surface area (Å²) in [6, 6.07) is 27.1. The lowest BCUT2D eigenvalue weighted by molar-refractivity contribution is -0.136. The van der Waals surface area contributed by atoms with Gasteiger partial charge in [-0.2, -0.15) is 0 Å². The van der Waals surface area contributed by atoms with Crippen molar-refractivity contribution in [3.63, 3.8) is 0 Å². The number of unbranched alkanes of at least 4 members (excludes halogenated alkanes) is 1. The van der Waals surface area contributed by atoms with Gasteiger partial charge in [-0.25, -0.2) is 0 Å². The molecular formula is C61H72N12O8S2. The predicted molar refractivity (Wildman–Crippen MR) is 325 cm³/mol. The van der Waals surface area contributed by atoms with Crippen molar-refractivity contribution in [2.45, 2.75) is 107 Å². The molecule has 0 spiro atoms. The highest BCUT2D eigenvalue weighted by Crippen LogP contribution is 2.26. The minimum atomic E-state index is -1.36. The third-order valence-corrected chi connectivity index (χ3v) is 17.1. The molecule has 22 heteroatoms. The van der Waals surface area contributed by atoms with Gasteiger partial charge in [0.05, 0.1) is 6.04 Å². The van der Waals surface area contributed by atoms with Crippen LogP contribution in [0.3, 0.4) is 0 Å². The Kier molecular flexibility index (Phi) is 21.4. The summed E-state index contributed by atoms with van der Waals surface area (Å²) in [6.07, 6.45) is 4.52. The molecule has 5 aromatic carbocycles. The Morgan fingerprint density at radius 1 is 0.602 bits per heavy atom. The summed E-state index contributed by atoms with van der Waals surface area (Å²) in [4.78, 5) is 122. The summed E-state index contributed by atoms with van der Waals surface area (Å²) >= 11 is 0. The smallest absolute Gasteiger partial charge is 0.244 e. The van der Waals surface area contributed by atoms with Crippen LogP contribution in [0.1, 0.15) is 55.4 Å². The van der Waals surface area contributed by atoms with E-state index in [1.54, 1.807) is 26.2 Å². The number of rotatable bonds is 18. The van der Waals surface area contributed by atoms with E-state index in [1.807, 2.05) is 121 Å². The molecule has 436 valence electrons. The monoisotopic (exact) mass is 1160 g/mol. The Bertz CT molecular complexity index is 3430. The molecule has 0 unspecified atom stereocenters. The number of hydrogen-bond donors (Lipinski definition) is 12. The number of para-hydroxylation sites is 2. The lowest BCUT2D eigenvalue weighted by Gasteiger charge is -2.29. The highest BCUT2D eigenvalue weighted by Gasteiger charge is 2.36. The maximum atomic E-state index is 15.1. The van der Waals surface area contributed by atoms with Gasteiger partial charge in [0.1, 0.15) is 42.3 Å². The number of primary amides is 1. The van der Waals surface area contributed by atoms with Crippen molar-refractivity contribution in [3.05, 3.63) is 156 Å². The zero-order chi connectivity index (χ0) is 59.0. The first-order valence-electron chi connectivity index (χ1n) is 27.8. The van der Waals surface area contributed by atoms with Crippen LogP contribution in [0.4, 0.5) is 0 Å². The molecule has 8 rings (SSSR count). The van der Waals surface area contributed by atoms with Crippen LogP contribution in [0.25, 0.3) is 32.6 Å². The van der Waals surface area contributed by atoms with E-state index in [2.05, 4.69) is 47.2 Å². The molecular weight excluding hydrogens is 1090 g/mol. The fourth-order valence-corrected chi connectivity index (χ4v) is 12.4. The van der Waals surface area contributed by atoms with Crippen molar-refractivity contribution in [3.8, 4) is 0 Å². The maximum Gasteiger partial charge on any atom is 0.244 e. The van der Waals surface area contributed by atoms with Crippen LogP contribution >= 0.6 is 21.6 Å². The predicted octanol–water partition coefficient (Wildman–Crippen LogP) is 3.46. The van der Waals surface area contributed by atoms with Gasteiger partial charge in [-0.05, 0) is 83.3 Å². The van der Waals surface area contributed by atoms with Crippen molar-refractivity contribution in [1.82, 2.24) is 47.2 Å². The number of benzene rings is 5. The topological polar surface area (TPSA) is 330 Å². The van der Waals surface area contributed by atoms with Crippen molar-refractivity contribution < 1.29 is 38.4 Å². The molecule has 0 aliphatic carbocycles. The van der Waals surface area contributed by atoms with Crippen LogP contribution in [-0.4, -0.2) is 124 Å². The molecule has 1 aliphatic rings. The zero-order valence-electron chi connectivity index (χ0n) is 46.3. The van der Waals surface area contributed by atoms with Gasteiger partial charge in [-0.15, -0.1) is 0 Å². The number of H-pyrrole nitrogens is 2. The van der Waals surface area contributed by atoms with E-state index >= 15 is 4.79 Å². The Hall–Kier alpha value is -8.18. The summed E-state index contributed by atoms with van der Waals surface area (Å²) in [5.74, 6) is -6.77. The van der Waals surface area contributed by atoms with E-state index in [-0.39, 0.29) is 43.6 Å². The number of carbonyl (C=O) groups excluding carboxylic acids is 8. The first kappa shape index (κ1) is 60.9. The summed E-state index contributed by atoms with van der Waals surface area (Å²) in [5, 5.41) is 23.4. The molecule has 15 N–H and O–H groups in total. The van der Waals surface area contributed by atoms with E-state index in [0.717, 1.165) is 59.7 Å². The van der Waals surface area contributed by atoms with Crippen LogP contribution < -0.4 is 54.4 Å². The summed E-state index contributed by atoms with van der Waals surface area (Å²) in [7, 11) is 2.18. The first-order valence-corrected chi connectivity index (χ1v) is 30.3. The van der Waals surface area contributed by atoms with Gasteiger partial charge in [0.25, 0.3) is 0 Å². The van der Waals surface area contributed by atoms with Gasteiger partial charge in [0, 0.05) is 65.0 Å². The van der Waals surface area contributed by atoms with Crippen LogP contribution in [0.15, 0.2) is 134 Å². The molecule has 1 fully saturated rings. The Balaban J connectivity index is 1.15. The van der Waals surface area contributed by atoms with E-state index < -0.39 is 102 Å². The molecule has 2 aromatic heterocycles. The SMILES string of the molecule is CC(C)[C@@H]1NC(=O)[C@H](CCCCN)NC(=O)[C@@H](Cc2c[nH]c3ccccc23)NC(=O)[C@H](Cc2c[nH]c3ccccc23)NC(=O)[C@H](NC(=O)[C@H](N)Cc2ccccc2)CSSC[C@@H](C(=O)N[C@@H](Cc2ccc3ccccc3c2)C(N)=O)NC1=O. The van der Waals surface area contributed by atoms with E-state index in [9.17, 15) is 33.6 Å². The average molecular weight is 1170 g/mol. The molecule has 7 aromatic rings.